The molecule has 0 atom stereocenters. The van der Waals surface area contributed by atoms with Crippen molar-refractivity contribution in [2.75, 3.05) is 0 Å². The van der Waals surface area contributed by atoms with Gasteiger partial charge in [-0.15, -0.1) is 6.42 Å². The van der Waals surface area contributed by atoms with Crippen molar-refractivity contribution in [3.8, 4) is 12.3 Å². The Morgan fingerprint density at radius 1 is 1.38 bits per heavy atom. The van der Waals surface area contributed by atoms with Gasteiger partial charge in [-0.25, -0.2) is 4.79 Å². The first-order valence-corrected chi connectivity index (χ1v) is 4.36. The summed E-state index contributed by atoms with van der Waals surface area (Å²) in [5, 5.41) is 8.68. The van der Waals surface area contributed by atoms with Crippen LogP contribution >= 0.6 is 0 Å². The summed E-state index contributed by atoms with van der Waals surface area (Å²) < 4.78 is 36.5. The number of hydrogen-bond donors (Lipinski definition) is 1. The number of hydrogen-bond acceptors (Lipinski definition) is 1. The molecule has 84 valence electrons. The van der Waals surface area contributed by atoms with E-state index in [1.807, 2.05) is 0 Å². The third-order valence-electron chi connectivity index (χ3n) is 1.87. The first kappa shape index (κ1) is 12.2. The van der Waals surface area contributed by atoms with Crippen LogP contribution in [0, 0.1) is 12.3 Å². The smallest absolute Gasteiger partial charge is 0.478 e. The molecule has 0 radical (unpaired) electrons. The summed E-state index contributed by atoms with van der Waals surface area (Å²) in [5.74, 6) is 0.827. The molecule has 0 fully saturated rings. The molecular formula is C10H7BF3O2-. The maximum absolute atomic E-state index is 12.2. The topological polar surface area (TPSA) is 37.3 Å². The molecule has 0 aromatic heterocycles. The Kier molecular flexibility index (Phi) is 3.28. The Morgan fingerprint density at radius 2 is 2.00 bits per heavy atom. The Bertz CT molecular complexity index is 460. The van der Waals surface area contributed by atoms with E-state index < -0.39 is 19.3 Å². The maximum atomic E-state index is 12.2. The number of carbonyl (C=O) groups is 1. The third-order valence-corrected chi connectivity index (χ3v) is 1.87. The van der Waals surface area contributed by atoms with E-state index in [2.05, 4.69) is 5.92 Å². The molecule has 0 aliphatic heterocycles. The van der Waals surface area contributed by atoms with Crippen molar-refractivity contribution < 1.29 is 22.8 Å². The van der Waals surface area contributed by atoms with Crippen molar-refractivity contribution in [2.24, 2.45) is 0 Å². The summed E-state index contributed by atoms with van der Waals surface area (Å²) in [5.41, 5.74) is -0.221. The number of benzene rings is 1. The molecule has 1 aromatic carbocycles. The van der Waals surface area contributed by atoms with Crippen LogP contribution in [0.15, 0.2) is 18.2 Å². The van der Waals surface area contributed by atoms with Crippen LogP contribution in [0.4, 0.5) is 12.9 Å². The summed E-state index contributed by atoms with van der Waals surface area (Å²) in [6.07, 6.45) is 3.90. The number of rotatable bonds is 3. The van der Waals surface area contributed by atoms with Crippen LogP contribution < -0.4 is 0 Å². The van der Waals surface area contributed by atoms with Gasteiger partial charge in [0.2, 0.25) is 0 Å². The Balaban J connectivity index is 3.16. The van der Waals surface area contributed by atoms with Crippen molar-refractivity contribution in [1.82, 2.24) is 0 Å². The number of halogens is 3. The van der Waals surface area contributed by atoms with Crippen molar-refractivity contribution in [2.45, 2.75) is 6.32 Å². The fourth-order valence-corrected chi connectivity index (χ4v) is 1.28. The number of aromatic carboxylic acids is 1. The van der Waals surface area contributed by atoms with Crippen LogP contribution in [0.2, 0.25) is 0 Å². The minimum absolute atomic E-state index is 0.125. The number of carboxylic acids is 1. The molecule has 0 amide bonds. The molecular weight excluding hydrogens is 220 g/mol. The van der Waals surface area contributed by atoms with E-state index in [9.17, 15) is 17.7 Å². The van der Waals surface area contributed by atoms with E-state index in [1.165, 1.54) is 6.07 Å². The van der Waals surface area contributed by atoms with Gasteiger partial charge in [-0.1, -0.05) is 17.8 Å². The van der Waals surface area contributed by atoms with E-state index in [4.69, 9.17) is 11.5 Å². The van der Waals surface area contributed by atoms with Gasteiger partial charge in [-0.2, -0.15) is 0 Å². The zero-order valence-electron chi connectivity index (χ0n) is 8.08. The van der Waals surface area contributed by atoms with Gasteiger partial charge in [0.05, 0.1) is 5.56 Å². The highest BCUT2D eigenvalue weighted by molar-refractivity contribution is 6.57. The highest BCUT2D eigenvalue weighted by Crippen LogP contribution is 2.18. The van der Waals surface area contributed by atoms with Crippen molar-refractivity contribution >= 4 is 12.9 Å². The predicted octanol–water partition coefficient (Wildman–Crippen LogP) is 2.30. The zero-order chi connectivity index (χ0) is 12.3. The van der Waals surface area contributed by atoms with Gasteiger partial charge >= 0.3 is 12.9 Å². The van der Waals surface area contributed by atoms with E-state index in [1.54, 1.807) is 0 Å². The Hall–Kier alpha value is -1.90. The molecule has 0 aliphatic carbocycles. The Labute approximate surface area is 90.1 Å². The van der Waals surface area contributed by atoms with Crippen molar-refractivity contribution in [3.63, 3.8) is 0 Å². The quantitative estimate of drug-likeness (QED) is 0.635. The summed E-state index contributed by atoms with van der Waals surface area (Å²) in [4.78, 5) is 10.6. The molecule has 0 aliphatic rings. The van der Waals surface area contributed by atoms with Crippen LogP contribution in [0.1, 0.15) is 21.5 Å². The van der Waals surface area contributed by atoms with Gasteiger partial charge in [0.25, 0.3) is 0 Å². The lowest BCUT2D eigenvalue weighted by atomic mass is 9.81. The minimum Gasteiger partial charge on any atom is -0.478 e. The first-order chi connectivity index (χ1) is 7.31. The van der Waals surface area contributed by atoms with Crippen molar-refractivity contribution in [1.29, 1.82) is 0 Å². The van der Waals surface area contributed by atoms with Crippen molar-refractivity contribution in [3.05, 3.63) is 34.9 Å². The number of carboxylic acid groups (broad SMARTS) is 1. The second kappa shape index (κ2) is 4.31. The van der Waals surface area contributed by atoms with Crippen LogP contribution in [-0.2, 0) is 6.32 Å². The maximum Gasteiger partial charge on any atom is 0.482 e. The van der Waals surface area contributed by atoms with Crippen LogP contribution in [0.5, 0.6) is 0 Å². The van der Waals surface area contributed by atoms with Gasteiger partial charge in [0.1, 0.15) is 0 Å². The normalized spacial score (nSPS) is 10.9. The van der Waals surface area contributed by atoms with Gasteiger partial charge < -0.3 is 18.1 Å². The first-order valence-electron chi connectivity index (χ1n) is 4.36. The van der Waals surface area contributed by atoms with Gasteiger partial charge in [0, 0.05) is 5.56 Å². The zero-order valence-corrected chi connectivity index (χ0v) is 8.08. The lowest BCUT2D eigenvalue weighted by Gasteiger charge is -2.14. The third kappa shape index (κ3) is 3.35. The lowest BCUT2D eigenvalue weighted by Crippen LogP contribution is -2.19. The van der Waals surface area contributed by atoms with E-state index >= 15 is 0 Å². The molecule has 1 rings (SSSR count). The standard InChI is InChI=1S/C10H7BF3O2/c1-2-7-3-8(6-11(12,13)14)5-9(4-7)10(15)16/h1,3-5H,6H2,(H,15,16)/q-1. The fraction of sp³-hybridized carbons (Fsp3) is 0.100. The molecule has 0 spiro atoms. The largest absolute Gasteiger partial charge is 0.482 e. The molecule has 0 saturated carbocycles. The van der Waals surface area contributed by atoms with Gasteiger partial charge in [-0.05, 0) is 18.2 Å². The van der Waals surface area contributed by atoms with Crippen LogP contribution in [-0.4, -0.2) is 18.1 Å². The molecule has 16 heavy (non-hydrogen) atoms. The highest BCUT2D eigenvalue weighted by atomic mass is 19.4. The molecule has 1 aromatic rings. The SMILES string of the molecule is C#Cc1cc(C[B-](F)(F)F)cc(C(=O)O)c1. The van der Waals surface area contributed by atoms with Crippen LogP contribution in [0.25, 0.3) is 0 Å². The number of terminal acetylenes is 1. The molecule has 2 nitrogen and oxygen atoms in total. The minimum atomic E-state index is -5.00. The van der Waals surface area contributed by atoms with Crippen LogP contribution in [0.3, 0.4) is 0 Å². The molecule has 0 unspecified atom stereocenters. The molecule has 6 heteroatoms. The van der Waals surface area contributed by atoms with E-state index in [-0.39, 0.29) is 16.7 Å². The average molecular weight is 227 g/mol. The highest BCUT2D eigenvalue weighted by Gasteiger charge is 2.23. The fourth-order valence-electron chi connectivity index (χ4n) is 1.28. The predicted molar refractivity (Wildman–Crippen MR) is 54.1 cm³/mol. The summed E-state index contributed by atoms with van der Waals surface area (Å²) >= 11 is 0. The van der Waals surface area contributed by atoms with E-state index in [0.29, 0.717) is 0 Å². The average Bonchev–Trinajstić information content (AvgIpc) is 2.14. The summed E-state index contributed by atoms with van der Waals surface area (Å²) in [7, 11) is 0. The second-order valence-corrected chi connectivity index (χ2v) is 3.28. The monoisotopic (exact) mass is 227 g/mol. The summed E-state index contributed by atoms with van der Waals surface area (Å²) in [6.45, 7) is -5.00. The van der Waals surface area contributed by atoms with Gasteiger partial charge in [-0.3, -0.25) is 0 Å². The summed E-state index contributed by atoms with van der Waals surface area (Å²) in [6, 6.07) is 3.31. The molecule has 0 bridgehead atoms. The molecule has 1 N–H and O–H groups in total. The second-order valence-electron chi connectivity index (χ2n) is 3.28. The lowest BCUT2D eigenvalue weighted by molar-refractivity contribution is 0.0696. The van der Waals surface area contributed by atoms with Gasteiger partial charge in [0.15, 0.2) is 0 Å². The molecule has 0 heterocycles. The van der Waals surface area contributed by atoms with E-state index in [0.717, 1.165) is 12.1 Å². The molecule has 0 saturated heterocycles. The Morgan fingerprint density at radius 3 is 2.44 bits per heavy atom.